The molecule has 1 saturated heterocycles. The first kappa shape index (κ1) is 14.0. The van der Waals surface area contributed by atoms with Crippen LogP contribution >= 0.6 is 0 Å². The van der Waals surface area contributed by atoms with Gasteiger partial charge < -0.3 is 14.7 Å². The number of nitrogens with one attached hydrogen (secondary N) is 3. The van der Waals surface area contributed by atoms with E-state index in [2.05, 4.69) is 30.2 Å². The SMILES string of the molecule is CCc1ncc(S(=O)(=O)Nc2nnc(C3CCCN3)o2)[nH]1. The zero-order valence-electron chi connectivity index (χ0n) is 11.5. The molecule has 0 radical (unpaired) electrons. The van der Waals surface area contributed by atoms with Gasteiger partial charge in [0, 0.05) is 6.42 Å². The molecule has 1 aliphatic heterocycles. The van der Waals surface area contributed by atoms with Crippen molar-refractivity contribution in [2.75, 3.05) is 11.3 Å². The molecular formula is C11H16N6O3S. The van der Waals surface area contributed by atoms with Crippen LogP contribution in [0.5, 0.6) is 0 Å². The van der Waals surface area contributed by atoms with E-state index in [0.29, 0.717) is 18.1 Å². The van der Waals surface area contributed by atoms with Gasteiger partial charge in [-0.05, 0) is 19.4 Å². The Morgan fingerprint density at radius 3 is 3.00 bits per heavy atom. The summed E-state index contributed by atoms with van der Waals surface area (Å²) in [7, 11) is -3.80. The Hall–Kier alpha value is -1.94. The number of aryl methyl sites for hydroxylation is 1. The van der Waals surface area contributed by atoms with Crippen molar-refractivity contribution < 1.29 is 12.8 Å². The van der Waals surface area contributed by atoms with Crippen LogP contribution in [0.15, 0.2) is 15.6 Å². The van der Waals surface area contributed by atoms with E-state index >= 15 is 0 Å². The second-order valence-electron chi connectivity index (χ2n) is 4.75. The molecule has 21 heavy (non-hydrogen) atoms. The molecule has 114 valence electrons. The van der Waals surface area contributed by atoms with E-state index in [-0.39, 0.29) is 17.1 Å². The van der Waals surface area contributed by atoms with Crippen molar-refractivity contribution in [3.8, 4) is 0 Å². The summed E-state index contributed by atoms with van der Waals surface area (Å²) >= 11 is 0. The van der Waals surface area contributed by atoms with Gasteiger partial charge >= 0.3 is 6.01 Å². The summed E-state index contributed by atoms with van der Waals surface area (Å²) in [4.78, 5) is 6.68. The van der Waals surface area contributed by atoms with Gasteiger partial charge in [-0.2, -0.15) is 8.42 Å². The van der Waals surface area contributed by atoms with Crippen molar-refractivity contribution in [2.45, 2.75) is 37.3 Å². The van der Waals surface area contributed by atoms with Gasteiger partial charge in [-0.3, -0.25) is 0 Å². The smallest absolute Gasteiger partial charge is 0.329 e. The average Bonchev–Trinajstić information content (AvgIpc) is 3.19. The number of sulfonamides is 1. The summed E-state index contributed by atoms with van der Waals surface area (Å²) in [6.07, 6.45) is 3.81. The van der Waals surface area contributed by atoms with Crippen molar-refractivity contribution in [3.63, 3.8) is 0 Å². The fourth-order valence-corrected chi connectivity index (χ4v) is 3.01. The molecule has 0 spiro atoms. The van der Waals surface area contributed by atoms with Crippen molar-refractivity contribution in [2.24, 2.45) is 0 Å². The number of anilines is 1. The maximum atomic E-state index is 12.1. The van der Waals surface area contributed by atoms with Gasteiger partial charge in [-0.25, -0.2) is 9.71 Å². The fourth-order valence-electron chi connectivity index (χ4n) is 2.14. The fraction of sp³-hybridized carbons (Fsp3) is 0.545. The van der Waals surface area contributed by atoms with Crippen molar-refractivity contribution in [1.29, 1.82) is 0 Å². The van der Waals surface area contributed by atoms with Crippen LogP contribution in [0, 0.1) is 0 Å². The molecule has 3 heterocycles. The molecule has 0 aliphatic carbocycles. The number of hydrogen-bond donors (Lipinski definition) is 3. The number of H-pyrrole nitrogens is 1. The summed E-state index contributed by atoms with van der Waals surface area (Å²) in [5.74, 6) is 0.987. The Morgan fingerprint density at radius 2 is 2.33 bits per heavy atom. The van der Waals surface area contributed by atoms with Crippen LogP contribution in [0.1, 0.15) is 37.5 Å². The molecule has 10 heteroatoms. The van der Waals surface area contributed by atoms with Crippen molar-refractivity contribution in [1.82, 2.24) is 25.5 Å². The number of aromatic amines is 1. The maximum Gasteiger partial charge on any atom is 0.329 e. The number of hydrogen-bond acceptors (Lipinski definition) is 7. The molecule has 1 aliphatic rings. The first-order valence-electron chi connectivity index (χ1n) is 6.72. The highest BCUT2D eigenvalue weighted by Crippen LogP contribution is 2.23. The Balaban J connectivity index is 1.76. The maximum absolute atomic E-state index is 12.1. The van der Waals surface area contributed by atoms with Crippen LogP contribution in [0.3, 0.4) is 0 Å². The number of imidazole rings is 1. The number of aromatic nitrogens is 4. The molecule has 0 aromatic carbocycles. The first-order chi connectivity index (χ1) is 10.1. The molecule has 2 aromatic heterocycles. The van der Waals surface area contributed by atoms with Crippen LogP contribution in [-0.4, -0.2) is 35.1 Å². The lowest BCUT2D eigenvalue weighted by Gasteiger charge is -2.03. The topological polar surface area (TPSA) is 126 Å². The molecule has 1 fully saturated rings. The zero-order chi connectivity index (χ0) is 14.9. The number of rotatable bonds is 5. The molecule has 3 N–H and O–H groups in total. The molecule has 1 atom stereocenters. The van der Waals surface area contributed by atoms with Gasteiger partial charge in [0.15, 0.2) is 5.03 Å². The summed E-state index contributed by atoms with van der Waals surface area (Å²) in [6, 6.07) is -0.152. The third-order valence-corrected chi connectivity index (χ3v) is 4.48. The highest BCUT2D eigenvalue weighted by molar-refractivity contribution is 7.92. The van der Waals surface area contributed by atoms with E-state index in [4.69, 9.17) is 4.42 Å². The van der Waals surface area contributed by atoms with Crippen LogP contribution < -0.4 is 10.0 Å². The standard InChI is InChI=1S/C11H16N6O3S/c1-2-8-13-6-9(14-8)21(18,19)17-11-16-15-10(20-11)7-4-3-5-12-7/h6-7,12H,2-5H2,1H3,(H,13,14)(H,16,17). The Kier molecular flexibility index (Phi) is 3.64. The quantitative estimate of drug-likeness (QED) is 0.737. The number of nitrogens with zero attached hydrogens (tertiary/aromatic N) is 3. The second kappa shape index (κ2) is 5.45. The highest BCUT2D eigenvalue weighted by atomic mass is 32.2. The molecule has 0 amide bonds. The predicted molar refractivity (Wildman–Crippen MR) is 73.0 cm³/mol. The Morgan fingerprint density at radius 1 is 1.48 bits per heavy atom. The van der Waals surface area contributed by atoms with Gasteiger partial charge in [0.2, 0.25) is 5.89 Å². The summed E-state index contributed by atoms with van der Waals surface area (Å²) in [5, 5.41) is 10.8. The highest BCUT2D eigenvalue weighted by Gasteiger charge is 2.24. The first-order valence-corrected chi connectivity index (χ1v) is 8.20. The van der Waals surface area contributed by atoms with Crippen molar-refractivity contribution >= 4 is 16.0 Å². The van der Waals surface area contributed by atoms with Crippen LogP contribution in [0.4, 0.5) is 6.01 Å². The molecule has 1 unspecified atom stereocenters. The summed E-state index contributed by atoms with van der Waals surface area (Å²) in [6.45, 7) is 2.77. The van der Waals surface area contributed by atoms with E-state index in [0.717, 1.165) is 19.4 Å². The van der Waals surface area contributed by atoms with E-state index < -0.39 is 10.0 Å². The van der Waals surface area contributed by atoms with Crippen LogP contribution in [0.2, 0.25) is 0 Å². The molecule has 9 nitrogen and oxygen atoms in total. The predicted octanol–water partition coefficient (Wildman–Crippen LogP) is 0.580. The summed E-state index contributed by atoms with van der Waals surface area (Å²) < 4.78 is 31.9. The van der Waals surface area contributed by atoms with E-state index in [1.54, 1.807) is 0 Å². The lowest BCUT2D eigenvalue weighted by atomic mass is 10.2. The van der Waals surface area contributed by atoms with Gasteiger partial charge in [0.1, 0.15) is 5.82 Å². The average molecular weight is 312 g/mol. The molecule has 2 aromatic rings. The minimum absolute atomic E-state index is 0.00500. The third-order valence-electron chi connectivity index (χ3n) is 3.25. The Bertz CT molecular complexity index is 716. The third kappa shape index (κ3) is 2.90. The monoisotopic (exact) mass is 312 g/mol. The molecule has 3 rings (SSSR count). The largest absolute Gasteiger partial charge is 0.406 e. The van der Waals surface area contributed by atoms with Gasteiger partial charge in [-0.15, -0.1) is 5.10 Å². The molecule has 0 saturated carbocycles. The van der Waals surface area contributed by atoms with Gasteiger partial charge in [0.25, 0.3) is 10.0 Å². The van der Waals surface area contributed by atoms with Crippen LogP contribution in [-0.2, 0) is 16.4 Å². The Labute approximate surface area is 121 Å². The van der Waals surface area contributed by atoms with Crippen molar-refractivity contribution in [3.05, 3.63) is 17.9 Å². The van der Waals surface area contributed by atoms with Gasteiger partial charge in [-0.1, -0.05) is 12.0 Å². The lowest BCUT2D eigenvalue weighted by molar-refractivity contribution is 0.439. The molecular weight excluding hydrogens is 296 g/mol. The van der Waals surface area contributed by atoms with Crippen LogP contribution in [0.25, 0.3) is 0 Å². The molecule has 0 bridgehead atoms. The van der Waals surface area contributed by atoms with E-state index in [9.17, 15) is 8.42 Å². The minimum atomic E-state index is -3.80. The summed E-state index contributed by atoms with van der Waals surface area (Å²) in [5.41, 5.74) is 0. The van der Waals surface area contributed by atoms with E-state index in [1.165, 1.54) is 6.20 Å². The lowest BCUT2D eigenvalue weighted by Crippen LogP contribution is -2.14. The normalized spacial score (nSPS) is 19.0. The van der Waals surface area contributed by atoms with Gasteiger partial charge in [0.05, 0.1) is 12.2 Å². The van der Waals surface area contributed by atoms with E-state index in [1.807, 2.05) is 6.92 Å². The second-order valence-corrected chi connectivity index (χ2v) is 6.40. The minimum Gasteiger partial charge on any atom is -0.406 e. The zero-order valence-corrected chi connectivity index (χ0v) is 12.3.